The fourth-order valence-corrected chi connectivity index (χ4v) is 5.68. The minimum Gasteiger partial charge on any atom is -0.358 e. The number of nitrogens with zero attached hydrogens (tertiary/aromatic N) is 4. The Bertz CT molecular complexity index is 1730. The second-order valence-corrected chi connectivity index (χ2v) is 10.2. The van der Waals surface area contributed by atoms with Gasteiger partial charge in [-0.25, -0.2) is 4.98 Å². The van der Waals surface area contributed by atoms with Crippen LogP contribution >= 0.6 is 0 Å². The molecule has 5 aromatic heterocycles. The minimum atomic E-state index is 0.531. The third-order valence-electron chi connectivity index (χ3n) is 7.69. The fraction of sp³-hybridized carbons (Fsp3) is 0.226. The number of allylic oxidation sites excluding steroid dienone is 5. The predicted molar refractivity (Wildman–Crippen MR) is 153 cm³/mol. The number of hydrogen-bond acceptors (Lipinski definition) is 5. The van der Waals surface area contributed by atoms with Crippen molar-refractivity contribution in [1.82, 2.24) is 30.1 Å². The van der Waals surface area contributed by atoms with Crippen molar-refractivity contribution in [2.45, 2.75) is 38.5 Å². The molecule has 1 saturated carbocycles. The van der Waals surface area contributed by atoms with Crippen molar-refractivity contribution in [2.75, 3.05) is 5.32 Å². The molecule has 7 heteroatoms. The lowest BCUT2D eigenvalue weighted by molar-refractivity contribution is 0.405. The number of hydrogen-bond donors (Lipinski definition) is 3. The summed E-state index contributed by atoms with van der Waals surface area (Å²) in [5.74, 6) is 0.531. The van der Waals surface area contributed by atoms with Crippen LogP contribution in [0.1, 0.15) is 44.2 Å². The quantitative estimate of drug-likeness (QED) is 0.226. The highest BCUT2D eigenvalue weighted by Gasteiger charge is 2.18. The summed E-state index contributed by atoms with van der Waals surface area (Å²) in [6, 6.07) is 10.3. The van der Waals surface area contributed by atoms with Gasteiger partial charge in [0, 0.05) is 34.6 Å². The average Bonchev–Trinajstić information content (AvgIpc) is 3.73. The van der Waals surface area contributed by atoms with Crippen LogP contribution < -0.4 is 5.32 Å². The molecule has 0 radical (unpaired) electrons. The Labute approximate surface area is 220 Å². The van der Waals surface area contributed by atoms with Crippen LogP contribution in [0.15, 0.2) is 79.4 Å². The largest absolute Gasteiger partial charge is 0.358 e. The van der Waals surface area contributed by atoms with Crippen LogP contribution in [0.3, 0.4) is 0 Å². The van der Waals surface area contributed by atoms with E-state index < -0.39 is 0 Å². The van der Waals surface area contributed by atoms with E-state index in [1.54, 1.807) is 0 Å². The Morgan fingerprint density at radius 2 is 1.92 bits per heavy atom. The summed E-state index contributed by atoms with van der Waals surface area (Å²) in [6.07, 6.45) is 19.3. The molecule has 1 fully saturated rings. The molecule has 0 aliphatic heterocycles. The number of H-pyrrole nitrogens is 2. The van der Waals surface area contributed by atoms with E-state index in [9.17, 15) is 0 Å². The van der Waals surface area contributed by atoms with Gasteiger partial charge in [0.05, 0.1) is 34.5 Å². The van der Waals surface area contributed by atoms with Crippen molar-refractivity contribution < 1.29 is 0 Å². The maximum absolute atomic E-state index is 5.02. The molecule has 0 atom stereocenters. The number of anilines is 1. The lowest BCUT2D eigenvalue weighted by atomic mass is 9.87. The normalized spacial score (nSPS) is 15.8. The monoisotopic (exact) mass is 499 g/mol. The topological polar surface area (TPSA) is 95.2 Å². The van der Waals surface area contributed by atoms with Gasteiger partial charge >= 0.3 is 0 Å². The van der Waals surface area contributed by atoms with Crippen LogP contribution in [0.2, 0.25) is 0 Å². The molecule has 0 amide bonds. The zero-order valence-corrected chi connectivity index (χ0v) is 21.2. The van der Waals surface area contributed by atoms with Crippen LogP contribution in [0, 0.1) is 5.92 Å². The van der Waals surface area contributed by atoms with Crippen LogP contribution in [0.5, 0.6) is 0 Å². The second kappa shape index (κ2) is 9.41. The molecule has 2 aliphatic rings. The number of fused-ring (bicyclic) bond motifs is 2. The SMILES string of the molecule is C=C(Nc1cncc(-c2ccc3[nH]nc(-c4cc5c(C6=CCC=C6)nccc5[nH]4)c3n2)c1)C1CCCCC1. The van der Waals surface area contributed by atoms with Crippen LogP contribution in [-0.2, 0) is 0 Å². The van der Waals surface area contributed by atoms with E-state index in [1.165, 1.54) is 32.1 Å². The molecule has 0 bridgehead atoms. The zero-order chi connectivity index (χ0) is 25.5. The lowest BCUT2D eigenvalue weighted by Gasteiger charge is -2.24. The van der Waals surface area contributed by atoms with E-state index in [1.807, 2.05) is 36.8 Å². The standard InChI is InChI=1S/C31H29N7/c1-19(20-7-3-2-4-8-20)34-23-15-22(17-32-18-23)25-11-12-27-30(36-25)31(38-37-27)28-16-24-26(35-28)13-14-33-29(24)21-9-5-6-10-21/h5,9-18,20,34-35H,1-4,6-8H2,(H,37,38). The first-order chi connectivity index (χ1) is 18.7. The highest BCUT2D eigenvalue weighted by Crippen LogP contribution is 2.34. The van der Waals surface area contributed by atoms with Gasteiger partial charge < -0.3 is 10.3 Å². The summed E-state index contributed by atoms with van der Waals surface area (Å²) in [7, 11) is 0. The third-order valence-corrected chi connectivity index (χ3v) is 7.69. The van der Waals surface area contributed by atoms with Gasteiger partial charge in [0.2, 0.25) is 0 Å². The smallest absolute Gasteiger partial charge is 0.135 e. The highest BCUT2D eigenvalue weighted by molar-refractivity contribution is 5.99. The van der Waals surface area contributed by atoms with Crippen molar-refractivity contribution in [3.63, 3.8) is 0 Å². The van der Waals surface area contributed by atoms with Gasteiger partial charge in [-0.1, -0.05) is 44.1 Å². The Hall–Kier alpha value is -4.52. The van der Waals surface area contributed by atoms with Crippen LogP contribution in [0.25, 0.3) is 50.2 Å². The molecule has 0 spiro atoms. The minimum absolute atomic E-state index is 0.531. The molecule has 2 aliphatic carbocycles. The fourth-order valence-electron chi connectivity index (χ4n) is 5.68. The van der Waals surface area contributed by atoms with Crippen molar-refractivity contribution in [3.8, 4) is 22.6 Å². The van der Waals surface area contributed by atoms with E-state index in [0.29, 0.717) is 5.92 Å². The summed E-state index contributed by atoms with van der Waals surface area (Å²) in [4.78, 5) is 17.7. The summed E-state index contributed by atoms with van der Waals surface area (Å²) in [6.45, 7) is 4.32. The molecule has 7 nitrogen and oxygen atoms in total. The van der Waals surface area contributed by atoms with Crippen molar-refractivity contribution in [3.05, 3.63) is 85.1 Å². The third kappa shape index (κ3) is 4.10. The molecule has 3 N–H and O–H groups in total. The number of pyridine rings is 3. The Morgan fingerprint density at radius 1 is 1.00 bits per heavy atom. The van der Waals surface area contributed by atoms with Crippen molar-refractivity contribution in [1.29, 1.82) is 0 Å². The second-order valence-electron chi connectivity index (χ2n) is 10.2. The molecular formula is C31H29N7. The number of aromatic nitrogens is 6. The van der Waals surface area contributed by atoms with Gasteiger partial charge in [0.1, 0.15) is 11.2 Å². The number of aromatic amines is 2. The first-order valence-corrected chi connectivity index (χ1v) is 13.3. The maximum Gasteiger partial charge on any atom is 0.135 e. The van der Waals surface area contributed by atoms with E-state index in [2.05, 4.69) is 67.4 Å². The van der Waals surface area contributed by atoms with E-state index >= 15 is 0 Å². The number of rotatable bonds is 6. The van der Waals surface area contributed by atoms with E-state index in [0.717, 1.165) is 73.7 Å². The van der Waals surface area contributed by atoms with Gasteiger partial charge in [-0.3, -0.25) is 15.1 Å². The van der Waals surface area contributed by atoms with E-state index in [4.69, 9.17) is 4.98 Å². The van der Waals surface area contributed by atoms with Crippen LogP contribution in [0.4, 0.5) is 5.69 Å². The van der Waals surface area contributed by atoms with Gasteiger partial charge in [0.25, 0.3) is 0 Å². The summed E-state index contributed by atoms with van der Waals surface area (Å²) >= 11 is 0. The average molecular weight is 500 g/mol. The molecular weight excluding hydrogens is 470 g/mol. The molecule has 38 heavy (non-hydrogen) atoms. The maximum atomic E-state index is 5.02. The Balaban J connectivity index is 1.22. The number of nitrogens with one attached hydrogen (secondary N) is 3. The molecule has 0 aromatic carbocycles. The predicted octanol–water partition coefficient (Wildman–Crippen LogP) is 7.41. The first-order valence-electron chi connectivity index (χ1n) is 13.3. The van der Waals surface area contributed by atoms with Gasteiger partial charge in [0.15, 0.2) is 0 Å². The van der Waals surface area contributed by atoms with Crippen LogP contribution in [-0.4, -0.2) is 30.1 Å². The molecule has 5 aromatic rings. The summed E-state index contributed by atoms with van der Waals surface area (Å²) in [5, 5.41) is 12.4. The van der Waals surface area contributed by atoms with Gasteiger partial charge in [-0.15, -0.1) is 0 Å². The first kappa shape index (κ1) is 22.7. The molecule has 7 rings (SSSR count). The highest BCUT2D eigenvalue weighted by atomic mass is 15.1. The lowest BCUT2D eigenvalue weighted by Crippen LogP contribution is -2.14. The Kier molecular flexibility index (Phi) is 5.61. The Morgan fingerprint density at radius 3 is 2.79 bits per heavy atom. The van der Waals surface area contributed by atoms with Crippen molar-refractivity contribution in [2.24, 2.45) is 5.92 Å². The zero-order valence-electron chi connectivity index (χ0n) is 21.2. The van der Waals surface area contributed by atoms with Gasteiger partial charge in [-0.2, -0.15) is 5.10 Å². The molecule has 0 saturated heterocycles. The van der Waals surface area contributed by atoms with Crippen molar-refractivity contribution >= 4 is 33.2 Å². The summed E-state index contributed by atoms with van der Waals surface area (Å²) < 4.78 is 0. The molecule has 5 heterocycles. The summed E-state index contributed by atoms with van der Waals surface area (Å²) in [5.41, 5.74) is 10.4. The molecule has 188 valence electrons. The van der Waals surface area contributed by atoms with Gasteiger partial charge in [-0.05, 0) is 61.1 Å². The molecule has 0 unspecified atom stereocenters. The van der Waals surface area contributed by atoms with E-state index in [-0.39, 0.29) is 0 Å².